The highest BCUT2D eigenvalue weighted by Gasteiger charge is 2.55. The lowest BCUT2D eigenvalue weighted by Gasteiger charge is -2.56. The Bertz CT molecular complexity index is 858. The summed E-state index contributed by atoms with van der Waals surface area (Å²) in [4.78, 5) is 26.0. The number of nitrogens with one attached hydrogen (secondary N) is 3. The molecule has 216 valence electrons. The van der Waals surface area contributed by atoms with Crippen molar-refractivity contribution in [3.63, 3.8) is 0 Å². The third-order valence-electron chi connectivity index (χ3n) is 10.2. The van der Waals surface area contributed by atoms with Gasteiger partial charge in [-0.1, -0.05) is 6.42 Å². The number of ether oxygens (including phenoxy) is 1. The highest BCUT2D eigenvalue weighted by molar-refractivity contribution is 6.21. The Morgan fingerprint density at radius 1 is 0.974 bits per heavy atom. The lowest BCUT2D eigenvalue weighted by Crippen LogP contribution is -2.71. The highest BCUT2D eigenvalue weighted by atomic mass is 35.5. The molecule has 7 nitrogen and oxygen atoms in total. The molecule has 8 unspecified atom stereocenters. The van der Waals surface area contributed by atoms with Crippen molar-refractivity contribution in [1.29, 1.82) is 0 Å². The van der Waals surface area contributed by atoms with Crippen LogP contribution in [0.15, 0.2) is 0 Å². The van der Waals surface area contributed by atoms with Crippen LogP contribution < -0.4 is 16.0 Å². The Kier molecular flexibility index (Phi) is 8.87. The van der Waals surface area contributed by atoms with Gasteiger partial charge < -0.3 is 25.8 Å². The van der Waals surface area contributed by atoms with E-state index in [0.717, 1.165) is 32.1 Å². The molecule has 1 saturated heterocycles. The van der Waals surface area contributed by atoms with Gasteiger partial charge in [0.1, 0.15) is 19.0 Å². The maximum atomic E-state index is 14.0. The first-order valence-electron chi connectivity index (χ1n) is 14.8. The van der Waals surface area contributed by atoms with E-state index >= 15 is 0 Å². The van der Waals surface area contributed by atoms with Gasteiger partial charge in [-0.2, -0.15) is 0 Å². The van der Waals surface area contributed by atoms with Crippen LogP contribution in [-0.2, 0) is 14.3 Å². The van der Waals surface area contributed by atoms with Gasteiger partial charge >= 0.3 is 0 Å². The van der Waals surface area contributed by atoms with E-state index in [1.807, 2.05) is 0 Å². The monoisotopic (exact) mass is 559 g/mol. The third kappa shape index (κ3) is 6.31. The van der Waals surface area contributed by atoms with Gasteiger partial charge in [-0.3, -0.25) is 9.59 Å². The topological polar surface area (TPSA) is 99.7 Å². The Balaban J connectivity index is 1.10. The largest absolute Gasteiger partial charge is 0.391 e. The van der Waals surface area contributed by atoms with Gasteiger partial charge in [0.05, 0.1) is 29.2 Å². The molecule has 10 heteroatoms. The van der Waals surface area contributed by atoms with Crippen LogP contribution in [0.5, 0.6) is 0 Å². The molecular weight excluding hydrogens is 516 g/mol. The summed E-state index contributed by atoms with van der Waals surface area (Å²) in [5.41, 5.74) is -1.19. The molecule has 6 fully saturated rings. The molecule has 0 aromatic carbocycles. The fraction of sp³-hybridized carbons (Fsp3) is 0.929. The van der Waals surface area contributed by atoms with Crippen molar-refractivity contribution in [1.82, 2.24) is 16.0 Å². The molecule has 0 aromatic rings. The van der Waals surface area contributed by atoms with Crippen molar-refractivity contribution in [3.8, 4) is 0 Å². The second kappa shape index (κ2) is 11.8. The number of rotatable bonds is 7. The summed E-state index contributed by atoms with van der Waals surface area (Å²) in [6, 6.07) is -0.104. The summed E-state index contributed by atoms with van der Waals surface area (Å²) >= 11 is 5.93. The van der Waals surface area contributed by atoms with Crippen LogP contribution in [0.2, 0.25) is 0 Å². The molecule has 6 rings (SSSR count). The third-order valence-corrected chi connectivity index (χ3v) is 10.6. The minimum Gasteiger partial charge on any atom is -0.391 e. The number of halogens is 3. The van der Waals surface area contributed by atoms with Crippen molar-refractivity contribution < 1.29 is 28.2 Å². The van der Waals surface area contributed by atoms with Crippen molar-refractivity contribution in [2.45, 2.75) is 149 Å². The summed E-state index contributed by atoms with van der Waals surface area (Å²) in [6.45, 7) is -0.167. The standard InChI is InChI=1S/C28H44ClF2N3O4/c29-20-8-7-19(14-21(20)31)38-16-25(36)33-28-11-9-27(10-12-28,15-24(28)35)34-26(37)23-6-2-5-22(32-23)17-3-1-4-18(30)13-17/h17-24,32,35H,1-16H2,(H,33,36)(H,34,37). The highest BCUT2D eigenvalue weighted by Crippen LogP contribution is 2.47. The maximum absolute atomic E-state index is 14.0. The van der Waals surface area contributed by atoms with Crippen LogP contribution in [-0.4, -0.2) is 76.6 Å². The minimum absolute atomic E-state index is 0.0285. The van der Waals surface area contributed by atoms with E-state index in [2.05, 4.69) is 16.0 Å². The number of hydrogen-bond acceptors (Lipinski definition) is 5. The number of alkyl halides is 3. The van der Waals surface area contributed by atoms with Crippen LogP contribution in [0.3, 0.4) is 0 Å². The molecule has 8 atom stereocenters. The van der Waals surface area contributed by atoms with Crippen LogP contribution in [0.4, 0.5) is 8.78 Å². The van der Waals surface area contributed by atoms with Gasteiger partial charge in [-0.15, -0.1) is 11.6 Å². The molecule has 38 heavy (non-hydrogen) atoms. The van der Waals surface area contributed by atoms with E-state index in [9.17, 15) is 23.5 Å². The van der Waals surface area contributed by atoms with Crippen LogP contribution in [0.1, 0.15) is 96.3 Å². The van der Waals surface area contributed by atoms with Gasteiger partial charge in [0.25, 0.3) is 0 Å². The maximum Gasteiger partial charge on any atom is 0.246 e. The number of amides is 2. The first kappa shape index (κ1) is 28.5. The second-order valence-electron chi connectivity index (χ2n) is 12.8. The summed E-state index contributed by atoms with van der Waals surface area (Å²) < 4.78 is 33.5. The number of fused-ring (bicyclic) bond motifs is 3. The molecule has 2 amide bonds. The van der Waals surface area contributed by atoms with Crippen LogP contribution in [0.25, 0.3) is 0 Å². The predicted octanol–water partition coefficient (Wildman–Crippen LogP) is 3.59. The van der Waals surface area contributed by atoms with Gasteiger partial charge in [0.15, 0.2) is 0 Å². The summed E-state index contributed by atoms with van der Waals surface area (Å²) in [5, 5.41) is 20.4. The molecule has 6 aliphatic rings. The quantitative estimate of drug-likeness (QED) is 0.357. The summed E-state index contributed by atoms with van der Waals surface area (Å²) in [5.74, 6) is -0.0404. The predicted molar refractivity (Wildman–Crippen MR) is 140 cm³/mol. The molecule has 1 heterocycles. The van der Waals surface area contributed by atoms with Gasteiger partial charge in [-0.25, -0.2) is 8.78 Å². The number of piperidine rings is 1. The summed E-state index contributed by atoms with van der Waals surface area (Å²) in [6.07, 6.45) is 7.21. The van der Waals surface area contributed by atoms with Crippen molar-refractivity contribution in [2.24, 2.45) is 5.92 Å². The lowest BCUT2D eigenvalue weighted by atomic mass is 9.59. The molecule has 2 bridgehead atoms. The Labute approximate surface area is 229 Å². The SMILES string of the molecule is O=C(COC1CCC(Cl)C(F)C1)NC12CCC(NC(=O)C3CCCC(C4CCCC(F)C4)N3)(CC1)CC2O. The lowest BCUT2D eigenvalue weighted by molar-refractivity contribution is -0.140. The number of carbonyl (C=O) groups is 2. The molecule has 0 radical (unpaired) electrons. The van der Waals surface area contributed by atoms with Crippen LogP contribution >= 0.6 is 11.6 Å². The fourth-order valence-corrected chi connectivity index (χ4v) is 8.02. The number of aliphatic hydroxyl groups excluding tert-OH is 1. The van der Waals surface area contributed by atoms with Crippen LogP contribution in [0, 0.1) is 5.92 Å². The van der Waals surface area contributed by atoms with E-state index in [1.54, 1.807) is 0 Å². The average molecular weight is 560 g/mol. The van der Waals surface area contributed by atoms with E-state index in [0.29, 0.717) is 63.7 Å². The molecule has 5 saturated carbocycles. The Morgan fingerprint density at radius 3 is 2.45 bits per heavy atom. The number of aliphatic hydroxyl groups is 1. The molecule has 0 aromatic heterocycles. The second-order valence-corrected chi connectivity index (χ2v) is 13.3. The zero-order valence-corrected chi connectivity index (χ0v) is 23.0. The molecule has 1 aliphatic heterocycles. The van der Waals surface area contributed by atoms with Gasteiger partial charge in [0, 0.05) is 18.0 Å². The van der Waals surface area contributed by atoms with Crippen molar-refractivity contribution >= 4 is 23.4 Å². The molecule has 5 aliphatic carbocycles. The van der Waals surface area contributed by atoms with Gasteiger partial charge in [-0.05, 0) is 89.4 Å². The van der Waals surface area contributed by atoms with Crippen molar-refractivity contribution in [2.75, 3.05) is 6.61 Å². The number of hydrogen-bond donors (Lipinski definition) is 4. The Morgan fingerprint density at radius 2 is 1.74 bits per heavy atom. The van der Waals surface area contributed by atoms with E-state index in [1.165, 1.54) is 0 Å². The van der Waals surface area contributed by atoms with E-state index in [-0.39, 0.29) is 43.0 Å². The first-order valence-corrected chi connectivity index (χ1v) is 15.2. The zero-order chi connectivity index (χ0) is 26.9. The smallest absolute Gasteiger partial charge is 0.246 e. The zero-order valence-electron chi connectivity index (χ0n) is 22.2. The van der Waals surface area contributed by atoms with E-state index in [4.69, 9.17) is 16.3 Å². The number of carbonyl (C=O) groups excluding carboxylic acids is 2. The van der Waals surface area contributed by atoms with Crippen molar-refractivity contribution in [3.05, 3.63) is 0 Å². The fourth-order valence-electron chi connectivity index (χ4n) is 7.79. The van der Waals surface area contributed by atoms with E-state index < -0.39 is 34.9 Å². The molecule has 4 N–H and O–H groups in total. The molecular formula is C28H44ClF2N3O4. The molecule has 0 spiro atoms. The van der Waals surface area contributed by atoms with Gasteiger partial charge in [0.2, 0.25) is 11.8 Å². The normalized spacial score (nSPS) is 45.4. The average Bonchev–Trinajstić information content (AvgIpc) is 2.90. The summed E-state index contributed by atoms with van der Waals surface area (Å²) in [7, 11) is 0. The Hall–Kier alpha value is -1.03. The minimum atomic E-state index is -1.12. The first-order chi connectivity index (χ1) is 18.2.